The van der Waals surface area contributed by atoms with Crippen LogP contribution >= 0.6 is 0 Å². The topological polar surface area (TPSA) is 102 Å². The number of ether oxygens (including phenoxy) is 1. The normalized spacial score (nSPS) is 12.4. The van der Waals surface area contributed by atoms with Gasteiger partial charge in [-0.3, -0.25) is 9.20 Å². The molecule has 2 aromatic heterocycles. The van der Waals surface area contributed by atoms with Crippen molar-refractivity contribution in [3.63, 3.8) is 0 Å². The number of sulfone groups is 1. The van der Waals surface area contributed by atoms with E-state index in [2.05, 4.69) is 25.8 Å². The van der Waals surface area contributed by atoms with E-state index >= 15 is 0 Å². The van der Waals surface area contributed by atoms with Gasteiger partial charge >= 0.3 is 0 Å². The minimum Gasteiger partial charge on any atom is -0.438 e. The van der Waals surface area contributed by atoms with Crippen molar-refractivity contribution >= 4 is 21.6 Å². The van der Waals surface area contributed by atoms with Gasteiger partial charge in [-0.05, 0) is 59.9 Å². The second kappa shape index (κ2) is 9.44. The Balaban J connectivity index is 1.92. The highest BCUT2D eigenvalue weighted by molar-refractivity contribution is 7.95. The molecule has 0 saturated carbocycles. The van der Waals surface area contributed by atoms with Crippen LogP contribution < -0.4 is 10.3 Å². The smallest absolute Gasteiger partial charge is 0.269 e. The van der Waals surface area contributed by atoms with Gasteiger partial charge in [0.25, 0.3) is 5.56 Å². The Morgan fingerprint density at radius 1 is 1.03 bits per heavy atom. The SMILES string of the molecule is Cc1cccn2c(=O)c(/C=C(\C#N)S(=O)(=O)c3ccccc3)c(Oc3ccc(C(C)(C)C)cc3)nc12. The summed E-state index contributed by atoms with van der Waals surface area (Å²) in [5, 5.41) is 9.75. The maximum absolute atomic E-state index is 13.5. The summed E-state index contributed by atoms with van der Waals surface area (Å²) >= 11 is 0. The lowest BCUT2D eigenvalue weighted by Gasteiger charge is -2.19. The third-order valence-electron chi connectivity index (χ3n) is 5.71. The van der Waals surface area contributed by atoms with E-state index in [1.807, 2.05) is 12.1 Å². The number of nitrogens with zero attached hydrogens (tertiary/aromatic N) is 3. The zero-order valence-electron chi connectivity index (χ0n) is 20.4. The Bertz CT molecular complexity index is 1670. The van der Waals surface area contributed by atoms with E-state index in [4.69, 9.17) is 4.74 Å². The number of fused-ring (bicyclic) bond motifs is 1. The van der Waals surface area contributed by atoms with Gasteiger partial charge in [-0.1, -0.05) is 57.2 Å². The highest BCUT2D eigenvalue weighted by Crippen LogP contribution is 2.29. The van der Waals surface area contributed by atoms with Crippen LogP contribution in [0.25, 0.3) is 11.7 Å². The summed E-state index contributed by atoms with van der Waals surface area (Å²) in [4.78, 5) is 17.4. The summed E-state index contributed by atoms with van der Waals surface area (Å²) in [6.45, 7) is 8.09. The van der Waals surface area contributed by atoms with E-state index in [0.29, 0.717) is 11.4 Å². The molecule has 182 valence electrons. The molecule has 0 spiro atoms. The van der Waals surface area contributed by atoms with Crippen molar-refractivity contribution in [1.29, 1.82) is 5.26 Å². The van der Waals surface area contributed by atoms with Crippen molar-refractivity contribution in [3.8, 4) is 17.7 Å². The number of pyridine rings is 1. The Hall–Kier alpha value is -4.22. The van der Waals surface area contributed by atoms with Gasteiger partial charge in [0.2, 0.25) is 15.7 Å². The van der Waals surface area contributed by atoms with Crippen molar-refractivity contribution in [1.82, 2.24) is 9.38 Å². The monoisotopic (exact) mass is 499 g/mol. The van der Waals surface area contributed by atoms with Gasteiger partial charge in [0.05, 0.1) is 4.90 Å². The molecule has 0 aliphatic carbocycles. The molecule has 4 rings (SSSR count). The average Bonchev–Trinajstić information content (AvgIpc) is 2.85. The molecule has 0 aliphatic rings. The summed E-state index contributed by atoms with van der Waals surface area (Å²) in [6, 6.07) is 20.2. The van der Waals surface area contributed by atoms with Gasteiger partial charge in [-0.15, -0.1) is 0 Å². The molecule has 0 bridgehead atoms. The molecular formula is C28H25N3O4S. The summed E-state index contributed by atoms with van der Waals surface area (Å²) in [5.41, 5.74) is 1.44. The van der Waals surface area contributed by atoms with Gasteiger partial charge in [0, 0.05) is 6.20 Å². The largest absolute Gasteiger partial charge is 0.438 e. The van der Waals surface area contributed by atoms with Crippen LogP contribution in [-0.2, 0) is 15.3 Å². The molecule has 36 heavy (non-hydrogen) atoms. The Morgan fingerprint density at radius 3 is 2.31 bits per heavy atom. The highest BCUT2D eigenvalue weighted by Gasteiger charge is 2.24. The minimum absolute atomic E-state index is 0.0530. The van der Waals surface area contributed by atoms with Crippen LogP contribution in [0.2, 0.25) is 0 Å². The highest BCUT2D eigenvalue weighted by atomic mass is 32.2. The van der Waals surface area contributed by atoms with Crippen LogP contribution in [0.3, 0.4) is 0 Å². The number of allylic oxidation sites excluding steroid dienone is 1. The summed E-state index contributed by atoms with van der Waals surface area (Å²) < 4.78 is 33.6. The second-order valence-corrected chi connectivity index (χ2v) is 11.3. The molecule has 0 amide bonds. The predicted molar refractivity (Wildman–Crippen MR) is 139 cm³/mol. The second-order valence-electron chi connectivity index (χ2n) is 9.33. The van der Waals surface area contributed by atoms with Gasteiger partial charge in [-0.25, -0.2) is 8.42 Å². The van der Waals surface area contributed by atoms with Gasteiger partial charge in [0.15, 0.2) is 0 Å². The van der Waals surface area contributed by atoms with Crippen LogP contribution in [0.1, 0.15) is 37.5 Å². The maximum Gasteiger partial charge on any atom is 0.269 e. The van der Waals surface area contributed by atoms with Crippen molar-refractivity contribution in [2.24, 2.45) is 0 Å². The van der Waals surface area contributed by atoms with Gasteiger partial charge in [0.1, 0.15) is 27.9 Å². The molecule has 7 nitrogen and oxygen atoms in total. The molecule has 0 unspecified atom stereocenters. The fourth-order valence-corrected chi connectivity index (χ4v) is 4.82. The summed E-state index contributed by atoms with van der Waals surface area (Å²) in [5.74, 6) is 0.334. The standard InChI is InChI=1S/C28H25N3O4S/c1-19-9-8-16-31-25(19)30-26(35-21-14-12-20(13-15-21)28(2,3)4)24(27(31)32)17-23(18-29)36(33,34)22-10-6-5-7-11-22/h5-17H,1-4H3/b23-17+. The zero-order valence-corrected chi connectivity index (χ0v) is 21.2. The number of hydrogen-bond acceptors (Lipinski definition) is 6. The molecular weight excluding hydrogens is 474 g/mol. The molecule has 2 heterocycles. The molecule has 0 saturated heterocycles. The average molecular weight is 500 g/mol. The van der Waals surface area contributed by atoms with Crippen molar-refractivity contribution in [2.45, 2.75) is 38.0 Å². The fraction of sp³-hybridized carbons (Fsp3) is 0.179. The first-order valence-corrected chi connectivity index (χ1v) is 12.7. The Labute approximate surface area is 209 Å². The number of rotatable bonds is 5. The van der Waals surface area contributed by atoms with E-state index in [1.165, 1.54) is 22.7 Å². The molecule has 0 fully saturated rings. The van der Waals surface area contributed by atoms with Crippen molar-refractivity contribution < 1.29 is 13.2 Å². The number of nitriles is 1. The number of hydrogen-bond donors (Lipinski definition) is 0. The summed E-state index contributed by atoms with van der Waals surface area (Å²) in [6.07, 6.45) is 2.57. The van der Waals surface area contributed by atoms with Crippen LogP contribution in [-0.4, -0.2) is 17.8 Å². The summed E-state index contributed by atoms with van der Waals surface area (Å²) in [7, 11) is -4.17. The van der Waals surface area contributed by atoms with Gasteiger partial charge < -0.3 is 4.74 Å². The van der Waals surface area contributed by atoms with Crippen molar-refractivity contribution in [3.05, 3.63) is 105 Å². The Kier molecular flexibility index (Phi) is 6.53. The quantitative estimate of drug-likeness (QED) is 0.339. The number of aryl methyl sites for hydroxylation is 1. The molecule has 8 heteroatoms. The van der Waals surface area contributed by atoms with E-state index in [1.54, 1.807) is 55.5 Å². The van der Waals surface area contributed by atoms with Gasteiger partial charge in [-0.2, -0.15) is 10.2 Å². The molecule has 2 aromatic carbocycles. The van der Waals surface area contributed by atoms with Crippen LogP contribution in [0.4, 0.5) is 0 Å². The first-order chi connectivity index (χ1) is 17.0. The number of aromatic nitrogens is 2. The minimum atomic E-state index is -4.17. The van der Waals surface area contributed by atoms with E-state index in [0.717, 1.165) is 17.2 Å². The molecule has 0 N–H and O–H groups in total. The molecule has 0 aliphatic heterocycles. The van der Waals surface area contributed by atoms with E-state index < -0.39 is 20.3 Å². The van der Waals surface area contributed by atoms with Crippen LogP contribution in [0, 0.1) is 18.3 Å². The van der Waals surface area contributed by atoms with E-state index in [-0.39, 0.29) is 21.8 Å². The Morgan fingerprint density at radius 2 is 1.69 bits per heavy atom. The lowest BCUT2D eigenvalue weighted by atomic mass is 9.87. The fourth-order valence-electron chi connectivity index (χ4n) is 3.66. The first kappa shape index (κ1) is 24.9. The van der Waals surface area contributed by atoms with E-state index in [9.17, 15) is 18.5 Å². The molecule has 0 atom stereocenters. The third-order valence-corrected chi connectivity index (χ3v) is 7.39. The predicted octanol–water partition coefficient (Wildman–Crippen LogP) is 5.43. The molecule has 0 radical (unpaired) electrons. The number of benzene rings is 2. The lowest BCUT2D eigenvalue weighted by molar-refractivity contribution is 0.460. The third kappa shape index (κ3) is 4.79. The van der Waals surface area contributed by atoms with Crippen molar-refractivity contribution in [2.75, 3.05) is 0 Å². The molecule has 4 aromatic rings. The first-order valence-electron chi connectivity index (χ1n) is 11.2. The van der Waals surface area contributed by atoms with Crippen LogP contribution in [0.15, 0.2) is 87.5 Å². The lowest BCUT2D eigenvalue weighted by Crippen LogP contribution is -2.20. The maximum atomic E-state index is 13.5. The van der Waals surface area contributed by atoms with Crippen LogP contribution in [0.5, 0.6) is 11.6 Å². The zero-order chi connectivity index (χ0) is 26.1.